The molecule has 2 aromatic carbocycles. The molecule has 106 valence electrons. The molecular weight excluding hydrogens is 294 g/mol. The lowest BCUT2D eigenvalue weighted by Crippen LogP contribution is -2.03. The normalized spacial score (nSPS) is 12.2. The number of nitrogens with two attached hydrogens (primary N) is 1. The highest BCUT2D eigenvalue weighted by Gasteiger charge is 2.13. The maximum absolute atomic E-state index is 12.5. The lowest BCUT2D eigenvalue weighted by Gasteiger charge is -2.11. The average molecular weight is 310 g/mol. The molecule has 0 bridgehead atoms. The maximum atomic E-state index is 12.5. The van der Waals surface area contributed by atoms with E-state index in [4.69, 9.17) is 22.1 Å². The van der Waals surface area contributed by atoms with Crippen LogP contribution in [0.5, 0.6) is 5.75 Å². The number of benzene rings is 2. The molecule has 0 aliphatic heterocycles. The Balaban J connectivity index is 2.32. The third kappa shape index (κ3) is 3.14. The van der Waals surface area contributed by atoms with E-state index in [1.807, 2.05) is 19.1 Å². The van der Waals surface area contributed by atoms with Gasteiger partial charge in [-0.25, -0.2) is 0 Å². The van der Waals surface area contributed by atoms with Crippen LogP contribution in [0.3, 0.4) is 0 Å². The van der Waals surface area contributed by atoms with E-state index in [0.717, 1.165) is 11.1 Å². The van der Waals surface area contributed by atoms with Crippen molar-refractivity contribution in [1.29, 1.82) is 0 Å². The molecule has 0 saturated heterocycles. The standard InChI is InChI=1S/C15H16ClNO2S/c1-10-4-3-5-14(15(10)17)20(18)9-11-8-12(16)6-7-13(11)19-2/h3-8H,9,17H2,1-2H3. The first kappa shape index (κ1) is 14.9. The topological polar surface area (TPSA) is 52.3 Å². The van der Waals surface area contributed by atoms with Crippen LogP contribution in [-0.4, -0.2) is 11.3 Å². The van der Waals surface area contributed by atoms with Crippen molar-refractivity contribution in [1.82, 2.24) is 0 Å². The second-order valence-electron chi connectivity index (χ2n) is 4.43. The Bertz CT molecular complexity index is 658. The van der Waals surface area contributed by atoms with Crippen LogP contribution in [0.1, 0.15) is 11.1 Å². The number of nitrogen functional groups attached to an aromatic ring is 1. The molecule has 3 nitrogen and oxygen atoms in total. The number of halogens is 1. The predicted octanol–water partition coefficient (Wildman–Crippen LogP) is 3.55. The van der Waals surface area contributed by atoms with E-state index < -0.39 is 10.8 Å². The van der Waals surface area contributed by atoms with Crippen LogP contribution in [0.4, 0.5) is 5.69 Å². The van der Waals surface area contributed by atoms with Gasteiger partial charge in [-0.1, -0.05) is 23.7 Å². The molecule has 0 heterocycles. The van der Waals surface area contributed by atoms with Crippen LogP contribution in [0.25, 0.3) is 0 Å². The molecule has 0 aliphatic rings. The largest absolute Gasteiger partial charge is 0.496 e. The van der Waals surface area contributed by atoms with Gasteiger partial charge in [-0.05, 0) is 36.8 Å². The minimum absolute atomic E-state index is 0.317. The molecular formula is C15H16ClNO2S. The number of hydrogen-bond donors (Lipinski definition) is 1. The SMILES string of the molecule is COc1ccc(Cl)cc1CS(=O)c1cccc(C)c1N. The van der Waals surface area contributed by atoms with Crippen molar-refractivity contribution >= 4 is 28.1 Å². The molecule has 5 heteroatoms. The van der Waals surface area contributed by atoms with Gasteiger partial charge in [0.25, 0.3) is 0 Å². The highest BCUT2D eigenvalue weighted by Crippen LogP contribution is 2.27. The second-order valence-corrected chi connectivity index (χ2v) is 6.29. The number of hydrogen-bond acceptors (Lipinski definition) is 3. The molecule has 0 radical (unpaired) electrons. The van der Waals surface area contributed by atoms with E-state index in [9.17, 15) is 4.21 Å². The van der Waals surface area contributed by atoms with Crippen molar-refractivity contribution in [2.45, 2.75) is 17.6 Å². The molecule has 0 aromatic heterocycles. The minimum atomic E-state index is -1.24. The summed E-state index contributed by atoms with van der Waals surface area (Å²) in [5, 5.41) is 0.593. The van der Waals surface area contributed by atoms with Crippen LogP contribution in [0.15, 0.2) is 41.3 Å². The zero-order chi connectivity index (χ0) is 14.7. The molecule has 20 heavy (non-hydrogen) atoms. The van der Waals surface area contributed by atoms with E-state index >= 15 is 0 Å². The third-order valence-corrected chi connectivity index (χ3v) is 4.71. The van der Waals surface area contributed by atoms with Gasteiger partial charge >= 0.3 is 0 Å². The molecule has 0 amide bonds. The van der Waals surface area contributed by atoms with Gasteiger partial charge in [-0.3, -0.25) is 4.21 Å². The van der Waals surface area contributed by atoms with Crippen molar-refractivity contribution < 1.29 is 8.95 Å². The fraction of sp³-hybridized carbons (Fsp3) is 0.200. The van der Waals surface area contributed by atoms with E-state index in [1.54, 1.807) is 31.4 Å². The summed E-state index contributed by atoms with van der Waals surface area (Å²) in [7, 11) is 0.340. The predicted molar refractivity (Wildman–Crippen MR) is 83.7 cm³/mol. The Hall–Kier alpha value is -1.52. The first-order valence-electron chi connectivity index (χ1n) is 6.09. The lowest BCUT2D eigenvalue weighted by atomic mass is 10.2. The van der Waals surface area contributed by atoms with E-state index in [2.05, 4.69) is 0 Å². The van der Waals surface area contributed by atoms with Gasteiger partial charge in [0, 0.05) is 10.6 Å². The van der Waals surface area contributed by atoms with Crippen molar-refractivity contribution in [2.75, 3.05) is 12.8 Å². The number of para-hydroxylation sites is 1. The van der Waals surface area contributed by atoms with Gasteiger partial charge in [0.1, 0.15) is 5.75 Å². The summed E-state index contributed by atoms with van der Waals surface area (Å²) in [6.07, 6.45) is 0. The number of rotatable bonds is 4. The van der Waals surface area contributed by atoms with Crippen LogP contribution in [-0.2, 0) is 16.6 Å². The van der Waals surface area contributed by atoms with E-state index in [1.165, 1.54) is 0 Å². The smallest absolute Gasteiger partial charge is 0.123 e. The molecule has 0 fully saturated rings. The first-order valence-corrected chi connectivity index (χ1v) is 7.78. The zero-order valence-electron chi connectivity index (χ0n) is 11.4. The third-order valence-electron chi connectivity index (χ3n) is 3.06. The van der Waals surface area contributed by atoms with Crippen LogP contribution >= 0.6 is 11.6 Å². The van der Waals surface area contributed by atoms with Crippen molar-refractivity contribution in [3.63, 3.8) is 0 Å². The quantitative estimate of drug-likeness (QED) is 0.879. The summed E-state index contributed by atoms with van der Waals surface area (Å²) in [4.78, 5) is 0.645. The van der Waals surface area contributed by atoms with Crippen LogP contribution in [0.2, 0.25) is 5.02 Å². The molecule has 1 atom stereocenters. The zero-order valence-corrected chi connectivity index (χ0v) is 12.9. The van der Waals surface area contributed by atoms with E-state index in [0.29, 0.717) is 27.1 Å². The van der Waals surface area contributed by atoms with E-state index in [-0.39, 0.29) is 0 Å². The van der Waals surface area contributed by atoms with Gasteiger partial charge in [0.05, 0.1) is 34.2 Å². The monoisotopic (exact) mass is 309 g/mol. The molecule has 2 N–H and O–H groups in total. The highest BCUT2D eigenvalue weighted by molar-refractivity contribution is 7.84. The molecule has 2 rings (SSSR count). The average Bonchev–Trinajstić information content (AvgIpc) is 2.42. The second kappa shape index (κ2) is 6.29. The highest BCUT2D eigenvalue weighted by atomic mass is 35.5. The summed E-state index contributed by atoms with van der Waals surface area (Å²) >= 11 is 5.98. The Morgan fingerprint density at radius 3 is 2.75 bits per heavy atom. The van der Waals surface area contributed by atoms with Gasteiger partial charge in [-0.15, -0.1) is 0 Å². The molecule has 0 saturated carbocycles. The van der Waals surface area contributed by atoms with Crippen LogP contribution < -0.4 is 10.5 Å². The van der Waals surface area contributed by atoms with Gasteiger partial charge in [-0.2, -0.15) is 0 Å². The number of aryl methyl sites for hydroxylation is 1. The minimum Gasteiger partial charge on any atom is -0.496 e. The molecule has 1 unspecified atom stereocenters. The molecule has 0 spiro atoms. The maximum Gasteiger partial charge on any atom is 0.123 e. The summed E-state index contributed by atoms with van der Waals surface area (Å²) in [5.41, 5.74) is 8.29. The Morgan fingerprint density at radius 2 is 2.05 bits per heavy atom. The summed E-state index contributed by atoms with van der Waals surface area (Å²) in [5.74, 6) is 0.992. The summed E-state index contributed by atoms with van der Waals surface area (Å²) in [6, 6.07) is 10.8. The van der Waals surface area contributed by atoms with Gasteiger partial charge in [0.15, 0.2) is 0 Å². The Morgan fingerprint density at radius 1 is 1.30 bits per heavy atom. The summed E-state index contributed by atoms with van der Waals surface area (Å²) < 4.78 is 17.8. The lowest BCUT2D eigenvalue weighted by molar-refractivity contribution is 0.411. The Kier molecular flexibility index (Phi) is 4.68. The van der Waals surface area contributed by atoms with Crippen molar-refractivity contribution in [3.8, 4) is 5.75 Å². The van der Waals surface area contributed by atoms with Crippen molar-refractivity contribution in [2.24, 2.45) is 0 Å². The van der Waals surface area contributed by atoms with Crippen molar-refractivity contribution in [3.05, 3.63) is 52.5 Å². The fourth-order valence-corrected chi connectivity index (χ4v) is 3.43. The Labute approximate surface area is 126 Å². The first-order chi connectivity index (χ1) is 9.52. The summed E-state index contributed by atoms with van der Waals surface area (Å²) in [6.45, 7) is 1.90. The molecule has 2 aromatic rings. The molecule has 0 aliphatic carbocycles. The number of anilines is 1. The van der Waals surface area contributed by atoms with Crippen LogP contribution in [0, 0.1) is 6.92 Å². The number of methoxy groups -OCH3 is 1. The van der Waals surface area contributed by atoms with Gasteiger partial charge in [0.2, 0.25) is 0 Å². The number of ether oxygens (including phenoxy) is 1. The fourth-order valence-electron chi connectivity index (χ4n) is 1.93. The van der Waals surface area contributed by atoms with Gasteiger partial charge < -0.3 is 10.5 Å².